The van der Waals surface area contributed by atoms with Crippen molar-refractivity contribution in [1.82, 2.24) is 4.90 Å². The van der Waals surface area contributed by atoms with Gasteiger partial charge in [-0.2, -0.15) is 0 Å². The molecule has 0 aromatic heterocycles. The minimum absolute atomic E-state index is 0.0606. The summed E-state index contributed by atoms with van der Waals surface area (Å²) in [6.45, 7) is 7.00. The summed E-state index contributed by atoms with van der Waals surface area (Å²) in [6, 6.07) is 5.06. The van der Waals surface area contributed by atoms with Crippen molar-refractivity contribution in [1.29, 1.82) is 0 Å². The van der Waals surface area contributed by atoms with E-state index in [1.165, 1.54) is 19.3 Å². The lowest BCUT2D eigenvalue weighted by atomic mass is 9.89. The number of Topliss-reactive ketones (excluding diaryl/α,β-unsaturated/α-hetero) is 1. The normalized spacial score (nSPS) is 20.5. The van der Waals surface area contributed by atoms with Gasteiger partial charge in [0.1, 0.15) is 0 Å². The molecule has 0 saturated carbocycles. The highest BCUT2D eigenvalue weighted by molar-refractivity contribution is 6.36. The van der Waals surface area contributed by atoms with Gasteiger partial charge in [-0.25, -0.2) is 0 Å². The van der Waals surface area contributed by atoms with Crippen molar-refractivity contribution in [3.05, 3.63) is 33.8 Å². The van der Waals surface area contributed by atoms with E-state index in [2.05, 4.69) is 18.7 Å². The maximum atomic E-state index is 12.4. The van der Waals surface area contributed by atoms with Crippen LogP contribution in [-0.2, 0) is 0 Å². The zero-order valence-corrected chi connectivity index (χ0v) is 14.3. The smallest absolute Gasteiger partial charge is 0.178 e. The van der Waals surface area contributed by atoms with E-state index in [0.717, 1.165) is 24.9 Å². The molecule has 1 fully saturated rings. The standard InChI is InChI=1S/C17H23Cl2NO/c1-12(2)13-4-3-8-20(9-7-13)11-17(21)15-10-14(18)5-6-16(15)19/h5-6,10,12-13H,3-4,7-9,11H2,1-2H3. The van der Waals surface area contributed by atoms with E-state index in [-0.39, 0.29) is 5.78 Å². The Labute approximate surface area is 137 Å². The van der Waals surface area contributed by atoms with Crippen molar-refractivity contribution in [2.24, 2.45) is 11.8 Å². The number of carbonyl (C=O) groups is 1. The first kappa shape index (κ1) is 16.8. The first-order chi connectivity index (χ1) is 9.97. The highest BCUT2D eigenvalue weighted by Gasteiger charge is 2.21. The molecule has 0 amide bonds. The number of hydrogen-bond acceptors (Lipinski definition) is 2. The Bertz CT molecular complexity index is 502. The summed E-state index contributed by atoms with van der Waals surface area (Å²) in [5, 5.41) is 1.04. The molecule has 1 aromatic rings. The lowest BCUT2D eigenvalue weighted by Gasteiger charge is -2.20. The second kappa shape index (κ2) is 7.62. The maximum Gasteiger partial charge on any atom is 0.178 e. The molecule has 0 N–H and O–H groups in total. The highest BCUT2D eigenvalue weighted by atomic mass is 35.5. The van der Waals surface area contributed by atoms with Crippen LogP contribution < -0.4 is 0 Å². The van der Waals surface area contributed by atoms with E-state index in [9.17, 15) is 4.79 Å². The Morgan fingerprint density at radius 2 is 2.05 bits per heavy atom. The van der Waals surface area contributed by atoms with E-state index < -0.39 is 0 Å². The van der Waals surface area contributed by atoms with Crippen LogP contribution in [0.1, 0.15) is 43.5 Å². The number of nitrogens with zero attached hydrogens (tertiary/aromatic N) is 1. The van der Waals surface area contributed by atoms with Crippen LogP contribution in [0.4, 0.5) is 0 Å². The Morgan fingerprint density at radius 3 is 2.76 bits per heavy atom. The molecule has 116 valence electrons. The number of ketones is 1. The molecular formula is C17H23Cl2NO. The molecule has 21 heavy (non-hydrogen) atoms. The molecule has 1 heterocycles. The molecule has 2 rings (SSSR count). The van der Waals surface area contributed by atoms with E-state index in [1.54, 1.807) is 18.2 Å². The predicted molar refractivity (Wildman–Crippen MR) is 89.4 cm³/mol. The van der Waals surface area contributed by atoms with Crippen molar-refractivity contribution in [3.8, 4) is 0 Å². The fourth-order valence-corrected chi connectivity index (χ4v) is 3.40. The third kappa shape index (κ3) is 4.70. The number of likely N-dealkylation sites (tertiary alicyclic amines) is 1. The third-order valence-electron chi connectivity index (χ3n) is 4.40. The maximum absolute atomic E-state index is 12.4. The second-order valence-electron chi connectivity index (χ2n) is 6.26. The van der Waals surface area contributed by atoms with Crippen LogP contribution in [0.25, 0.3) is 0 Å². The molecule has 0 radical (unpaired) electrons. The van der Waals surface area contributed by atoms with Crippen LogP contribution >= 0.6 is 23.2 Å². The Kier molecular flexibility index (Phi) is 6.09. The molecule has 2 nitrogen and oxygen atoms in total. The largest absolute Gasteiger partial charge is 0.296 e. The molecule has 1 aromatic carbocycles. The van der Waals surface area contributed by atoms with Crippen molar-refractivity contribution < 1.29 is 4.79 Å². The Morgan fingerprint density at radius 1 is 1.29 bits per heavy atom. The number of hydrogen-bond donors (Lipinski definition) is 0. The van der Waals surface area contributed by atoms with Crippen LogP contribution in [0.5, 0.6) is 0 Å². The van der Waals surface area contributed by atoms with E-state index in [1.807, 2.05) is 0 Å². The fourth-order valence-electron chi connectivity index (χ4n) is 3.01. The van der Waals surface area contributed by atoms with Gasteiger partial charge in [-0.05, 0) is 62.4 Å². The minimum atomic E-state index is 0.0606. The molecule has 1 aliphatic heterocycles. The summed E-state index contributed by atoms with van der Waals surface area (Å²) < 4.78 is 0. The Balaban J connectivity index is 1.98. The van der Waals surface area contributed by atoms with Gasteiger partial charge in [-0.15, -0.1) is 0 Å². The molecule has 0 spiro atoms. The zero-order valence-electron chi connectivity index (χ0n) is 12.7. The zero-order chi connectivity index (χ0) is 15.4. The second-order valence-corrected chi connectivity index (χ2v) is 7.10. The first-order valence-electron chi connectivity index (χ1n) is 7.68. The van der Waals surface area contributed by atoms with Crippen LogP contribution in [0.15, 0.2) is 18.2 Å². The van der Waals surface area contributed by atoms with Crippen LogP contribution in [0, 0.1) is 11.8 Å². The van der Waals surface area contributed by atoms with Gasteiger partial charge in [-0.1, -0.05) is 37.0 Å². The van der Waals surface area contributed by atoms with Crippen LogP contribution in [0.2, 0.25) is 10.0 Å². The quantitative estimate of drug-likeness (QED) is 0.730. The molecule has 0 bridgehead atoms. The average molecular weight is 328 g/mol. The van der Waals surface area contributed by atoms with Gasteiger partial charge < -0.3 is 0 Å². The topological polar surface area (TPSA) is 20.3 Å². The van der Waals surface area contributed by atoms with Crippen molar-refractivity contribution in [3.63, 3.8) is 0 Å². The molecular weight excluding hydrogens is 305 g/mol. The summed E-state index contributed by atoms with van der Waals surface area (Å²) in [7, 11) is 0. The van der Waals surface area contributed by atoms with Crippen LogP contribution in [-0.4, -0.2) is 30.3 Å². The van der Waals surface area contributed by atoms with Crippen molar-refractivity contribution in [2.75, 3.05) is 19.6 Å². The summed E-state index contributed by atoms with van der Waals surface area (Å²) in [5.41, 5.74) is 0.536. The fraction of sp³-hybridized carbons (Fsp3) is 0.588. The average Bonchev–Trinajstić information content (AvgIpc) is 2.67. The van der Waals surface area contributed by atoms with E-state index in [4.69, 9.17) is 23.2 Å². The van der Waals surface area contributed by atoms with Gasteiger partial charge in [0.2, 0.25) is 0 Å². The Hall–Kier alpha value is -0.570. The monoisotopic (exact) mass is 327 g/mol. The van der Waals surface area contributed by atoms with E-state index >= 15 is 0 Å². The molecule has 1 atom stereocenters. The molecule has 4 heteroatoms. The highest BCUT2D eigenvalue weighted by Crippen LogP contribution is 2.25. The van der Waals surface area contributed by atoms with Gasteiger partial charge in [0.15, 0.2) is 5.78 Å². The molecule has 1 saturated heterocycles. The van der Waals surface area contributed by atoms with Crippen molar-refractivity contribution in [2.45, 2.75) is 33.1 Å². The van der Waals surface area contributed by atoms with E-state index in [0.29, 0.717) is 22.2 Å². The lowest BCUT2D eigenvalue weighted by Crippen LogP contribution is -2.31. The molecule has 0 aliphatic carbocycles. The number of benzene rings is 1. The van der Waals surface area contributed by atoms with Gasteiger partial charge in [0, 0.05) is 10.6 Å². The van der Waals surface area contributed by atoms with Crippen LogP contribution in [0.3, 0.4) is 0 Å². The third-order valence-corrected chi connectivity index (χ3v) is 4.97. The molecule has 1 unspecified atom stereocenters. The summed E-state index contributed by atoms with van der Waals surface area (Å²) in [4.78, 5) is 14.7. The minimum Gasteiger partial charge on any atom is -0.296 e. The van der Waals surface area contributed by atoms with Gasteiger partial charge in [0.25, 0.3) is 0 Å². The number of carbonyl (C=O) groups excluding carboxylic acids is 1. The van der Waals surface area contributed by atoms with Crippen molar-refractivity contribution >= 4 is 29.0 Å². The van der Waals surface area contributed by atoms with Gasteiger partial charge in [-0.3, -0.25) is 9.69 Å². The first-order valence-corrected chi connectivity index (χ1v) is 8.43. The number of halogens is 2. The predicted octanol–water partition coefficient (Wildman–Crippen LogP) is 4.93. The SMILES string of the molecule is CC(C)C1CCCN(CC(=O)c2cc(Cl)ccc2Cl)CC1. The summed E-state index contributed by atoms with van der Waals surface area (Å²) >= 11 is 12.1. The van der Waals surface area contributed by atoms with Gasteiger partial charge >= 0.3 is 0 Å². The summed E-state index contributed by atoms with van der Waals surface area (Å²) in [5.74, 6) is 1.56. The van der Waals surface area contributed by atoms with Gasteiger partial charge in [0.05, 0.1) is 11.6 Å². The number of rotatable bonds is 4. The summed E-state index contributed by atoms with van der Waals surface area (Å²) in [6.07, 6.45) is 3.61. The molecule has 1 aliphatic rings. The lowest BCUT2D eigenvalue weighted by molar-refractivity contribution is 0.0932.